The van der Waals surface area contributed by atoms with Crippen LogP contribution in [0.5, 0.6) is 5.75 Å². The lowest BCUT2D eigenvalue weighted by Gasteiger charge is -2.68. The van der Waals surface area contributed by atoms with Crippen LogP contribution in [0.3, 0.4) is 0 Å². The third-order valence-electron chi connectivity index (χ3n) is 12.9. The van der Waals surface area contributed by atoms with Gasteiger partial charge < -0.3 is 38.3 Å². The first kappa shape index (κ1) is 31.5. The Morgan fingerprint density at radius 1 is 1.00 bits per heavy atom. The molecule has 0 amide bonds. The molecule has 10 heteroatoms. The molecule has 0 unspecified atom stereocenters. The molecule has 1 N–H and O–H groups in total. The Bertz CT molecular complexity index is 1320. The van der Waals surface area contributed by atoms with Gasteiger partial charge in [0.15, 0.2) is 0 Å². The quantitative estimate of drug-likeness (QED) is 0.291. The number of carbonyl (C=O) groups excluding carboxylic acids is 1. The summed E-state index contributed by atoms with van der Waals surface area (Å²) < 4.78 is 44.1. The molecule has 13 atom stereocenters. The Labute approximate surface area is 266 Å². The SMILES string of the molecule is CCO[C@@]12C[C@H](OC)[C@@]3(O)C[C@H]([C@@H]1[C@H]3OC(=O)c1ccc(OC)cc1)[C@@]13[C@@H](OC)C=C[C@]4(COC)CN(CC)[C@@H]1[C@@H]2[C@@H](OC)[C@H]43. The van der Waals surface area contributed by atoms with E-state index in [0.29, 0.717) is 37.4 Å². The van der Waals surface area contributed by atoms with E-state index < -0.39 is 34.8 Å². The predicted octanol–water partition coefficient (Wildman–Crippen LogP) is 2.96. The van der Waals surface area contributed by atoms with Crippen molar-refractivity contribution in [3.05, 3.63) is 42.0 Å². The lowest BCUT2D eigenvalue weighted by molar-refractivity contribution is -0.283. The number of rotatable bonds is 11. The number of hydrogen-bond acceptors (Lipinski definition) is 10. The molecule has 5 fully saturated rings. The van der Waals surface area contributed by atoms with Crippen molar-refractivity contribution in [2.45, 2.75) is 68.3 Å². The van der Waals surface area contributed by atoms with Crippen molar-refractivity contribution in [1.29, 1.82) is 0 Å². The van der Waals surface area contributed by atoms with E-state index in [4.69, 9.17) is 33.2 Å². The summed E-state index contributed by atoms with van der Waals surface area (Å²) in [5.41, 5.74) is -2.58. The maximum Gasteiger partial charge on any atom is 0.338 e. The second-order valence-electron chi connectivity index (χ2n) is 14.1. The molecule has 1 aromatic rings. The predicted molar refractivity (Wildman–Crippen MR) is 164 cm³/mol. The minimum atomic E-state index is -1.41. The van der Waals surface area contributed by atoms with Crippen molar-refractivity contribution in [1.82, 2.24) is 4.90 Å². The normalized spacial score (nSPS) is 47.2. The van der Waals surface area contributed by atoms with Crippen molar-refractivity contribution in [2.24, 2.45) is 34.5 Å². The number of esters is 1. The lowest BCUT2D eigenvalue weighted by Crippen LogP contribution is -2.76. The largest absolute Gasteiger partial charge is 0.497 e. The van der Waals surface area contributed by atoms with Gasteiger partial charge in [-0.15, -0.1) is 0 Å². The van der Waals surface area contributed by atoms with E-state index in [-0.39, 0.29) is 47.3 Å². The van der Waals surface area contributed by atoms with Crippen LogP contribution in [0, 0.1) is 34.5 Å². The molecule has 7 bridgehead atoms. The molecule has 4 saturated carbocycles. The van der Waals surface area contributed by atoms with Gasteiger partial charge in [0.25, 0.3) is 0 Å². The molecule has 5 aliphatic carbocycles. The first-order valence-corrected chi connectivity index (χ1v) is 16.4. The fourth-order valence-electron chi connectivity index (χ4n) is 12.0. The average molecular weight is 628 g/mol. The van der Waals surface area contributed by atoms with Gasteiger partial charge in [-0.3, -0.25) is 4.90 Å². The first-order chi connectivity index (χ1) is 21.7. The number of ether oxygens (including phenoxy) is 7. The molecule has 0 radical (unpaired) electrons. The van der Waals surface area contributed by atoms with Crippen LogP contribution in [0.4, 0.5) is 0 Å². The Hall–Kier alpha value is -2.05. The second kappa shape index (κ2) is 11.0. The standard InChI is InChI=1S/C35H49NO9/c1-8-36-18-32(19-39-3)15-14-23(41-5)35-22-16-33(38)24(42-6)17-34(44-9-2,26(29(35)36)27(43-7)28(32)35)25(22)30(33)45-31(37)20-10-12-21(40-4)13-11-20/h10-15,22-30,38H,8-9,16-19H2,1-7H3/t22-,23+,24+,25-,26+,27-,28-,29-,30-,32-,33+,34+,35+/m1/s1. The van der Waals surface area contributed by atoms with Crippen molar-refractivity contribution < 1.29 is 43.1 Å². The van der Waals surface area contributed by atoms with Crippen LogP contribution < -0.4 is 4.74 Å². The van der Waals surface area contributed by atoms with E-state index in [0.717, 1.165) is 13.1 Å². The fourth-order valence-corrected chi connectivity index (χ4v) is 12.0. The van der Waals surface area contributed by atoms with E-state index in [9.17, 15) is 9.90 Å². The van der Waals surface area contributed by atoms with E-state index in [1.54, 1.807) is 52.7 Å². The van der Waals surface area contributed by atoms with E-state index in [2.05, 4.69) is 24.0 Å². The number of fused-ring (bicyclic) bond motifs is 2. The summed E-state index contributed by atoms with van der Waals surface area (Å²) in [5.74, 6) is -0.310. The van der Waals surface area contributed by atoms with Crippen LogP contribution in [-0.2, 0) is 28.4 Å². The molecule has 7 rings (SSSR count). The highest BCUT2D eigenvalue weighted by Gasteiger charge is 2.88. The van der Waals surface area contributed by atoms with Crippen molar-refractivity contribution in [3.63, 3.8) is 0 Å². The van der Waals surface area contributed by atoms with Gasteiger partial charge in [0.2, 0.25) is 0 Å². The highest BCUT2D eigenvalue weighted by Crippen LogP contribution is 2.79. The number of aliphatic hydroxyl groups is 1. The number of methoxy groups -OCH3 is 5. The van der Waals surface area contributed by atoms with Crippen LogP contribution in [-0.4, -0.2) is 119 Å². The van der Waals surface area contributed by atoms with Gasteiger partial charge in [0.1, 0.15) is 17.5 Å². The number of piperidine rings is 1. The van der Waals surface area contributed by atoms with Gasteiger partial charge >= 0.3 is 5.97 Å². The molecule has 1 heterocycles. The number of hydrogen-bond donors (Lipinski definition) is 1. The molecular weight excluding hydrogens is 578 g/mol. The maximum absolute atomic E-state index is 13.9. The minimum absolute atomic E-state index is 0.0388. The Balaban J connectivity index is 1.45. The molecule has 0 aromatic heterocycles. The smallest absolute Gasteiger partial charge is 0.338 e. The molecule has 10 nitrogen and oxygen atoms in total. The van der Waals surface area contributed by atoms with Crippen LogP contribution in [0.2, 0.25) is 0 Å². The Morgan fingerprint density at radius 2 is 1.76 bits per heavy atom. The lowest BCUT2D eigenvalue weighted by atomic mass is 9.44. The van der Waals surface area contributed by atoms with E-state index in [1.807, 2.05) is 14.0 Å². The van der Waals surface area contributed by atoms with E-state index >= 15 is 0 Å². The van der Waals surface area contributed by atoms with Gasteiger partial charge in [-0.05, 0) is 50.1 Å². The molecular formula is C35H49NO9. The third-order valence-corrected chi connectivity index (χ3v) is 12.9. The summed E-state index contributed by atoms with van der Waals surface area (Å²) >= 11 is 0. The maximum atomic E-state index is 13.9. The van der Waals surface area contributed by atoms with Gasteiger partial charge in [-0.1, -0.05) is 19.1 Å². The zero-order valence-corrected chi connectivity index (χ0v) is 27.6. The zero-order valence-electron chi connectivity index (χ0n) is 27.6. The molecule has 1 spiro atoms. The molecule has 45 heavy (non-hydrogen) atoms. The summed E-state index contributed by atoms with van der Waals surface area (Å²) in [5, 5.41) is 12.8. The Kier molecular flexibility index (Phi) is 7.71. The number of nitrogens with zero attached hydrogens (tertiary/aromatic N) is 1. The van der Waals surface area contributed by atoms with Gasteiger partial charge in [0, 0.05) is 82.6 Å². The summed E-state index contributed by atoms with van der Waals surface area (Å²) in [4.78, 5) is 16.5. The van der Waals surface area contributed by atoms with Gasteiger partial charge in [0.05, 0.1) is 43.2 Å². The summed E-state index contributed by atoms with van der Waals surface area (Å²) in [6.45, 7) is 6.93. The number of likely N-dealkylation sites (tertiary alicyclic amines) is 1. The van der Waals surface area contributed by atoms with Crippen molar-refractivity contribution in [2.75, 3.05) is 61.9 Å². The highest BCUT2D eigenvalue weighted by molar-refractivity contribution is 5.89. The van der Waals surface area contributed by atoms with Gasteiger partial charge in [-0.2, -0.15) is 0 Å². The van der Waals surface area contributed by atoms with Crippen LogP contribution in [0.15, 0.2) is 36.4 Å². The Morgan fingerprint density at radius 3 is 2.36 bits per heavy atom. The summed E-state index contributed by atoms with van der Waals surface area (Å²) in [6.07, 6.45) is 3.56. The second-order valence-corrected chi connectivity index (χ2v) is 14.1. The van der Waals surface area contributed by atoms with Crippen molar-refractivity contribution in [3.8, 4) is 5.75 Å². The van der Waals surface area contributed by atoms with Crippen LogP contribution in [0.1, 0.15) is 37.0 Å². The molecule has 1 saturated heterocycles. The first-order valence-electron chi connectivity index (χ1n) is 16.4. The number of benzene rings is 1. The van der Waals surface area contributed by atoms with Gasteiger partial charge in [-0.25, -0.2) is 4.79 Å². The average Bonchev–Trinajstić information content (AvgIpc) is 3.42. The molecule has 6 aliphatic rings. The molecule has 1 aromatic carbocycles. The van der Waals surface area contributed by atoms with E-state index in [1.165, 1.54) is 0 Å². The number of carbonyl (C=O) groups is 1. The van der Waals surface area contributed by atoms with Crippen molar-refractivity contribution >= 4 is 5.97 Å². The zero-order chi connectivity index (χ0) is 31.9. The van der Waals surface area contributed by atoms with Crippen LogP contribution >= 0.6 is 0 Å². The fraction of sp³-hybridized carbons (Fsp3) is 0.743. The topological polar surface area (TPSA) is 105 Å². The monoisotopic (exact) mass is 627 g/mol. The highest BCUT2D eigenvalue weighted by atomic mass is 16.6. The molecule has 248 valence electrons. The van der Waals surface area contributed by atoms with Crippen LogP contribution in [0.25, 0.3) is 0 Å². The minimum Gasteiger partial charge on any atom is -0.497 e. The molecule has 1 aliphatic heterocycles. The summed E-state index contributed by atoms with van der Waals surface area (Å²) in [6, 6.07) is 6.93. The third kappa shape index (κ3) is 3.79. The summed E-state index contributed by atoms with van der Waals surface area (Å²) in [7, 11) is 8.60.